The normalized spacial score (nSPS) is 37.3. The lowest BCUT2D eigenvalue weighted by molar-refractivity contribution is 0.232. The molecule has 15 heavy (non-hydrogen) atoms. The number of rotatable bonds is 0. The molecule has 0 amide bonds. The molecule has 2 heterocycles. The number of allylic oxidation sites excluding steroid dienone is 4. The van der Waals surface area contributed by atoms with Crippen molar-refractivity contribution in [3.8, 4) is 0 Å². The number of hydrogen-bond acceptors (Lipinski definition) is 1. The summed E-state index contributed by atoms with van der Waals surface area (Å²) in [6.07, 6.45) is 19.5. The molecule has 1 aliphatic carbocycles. The van der Waals surface area contributed by atoms with Gasteiger partial charge in [0.25, 0.3) is 0 Å². The van der Waals surface area contributed by atoms with Crippen molar-refractivity contribution in [2.24, 2.45) is 5.92 Å². The molecule has 1 heteroatoms. The molecule has 2 unspecified atom stereocenters. The fourth-order valence-corrected chi connectivity index (χ4v) is 3.05. The van der Waals surface area contributed by atoms with Crippen molar-refractivity contribution in [2.75, 3.05) is 0 Å². The van der Waals surface area contributed by atoms with E-state index in [1.807, 2.05) is 0 Å². The van der Waals surface area contributed by atoms with E-state index in [2.05, 4.69) is 54.6 Å². The van der Waals surface area contributed by atoms with Crippen molar-refractivity contribution in [3.63, 3.8) is 0 Å². The molecule has 2 atom stereocenters. The van der Waals surface area contributed by atoms with Crippen LogP contribution in [0.15, 0.2) is 48.4 Å². The topological polar surface area (TPSA) is 3.24 Å². The summed E-state index contributed by atoms with van der Waals surface area (Å²) in [5.74, 6) is 0.718. The van der Waals surface area contributed by atoms with E-state index < -0.39 is 0 Å². The third kappa shape index (κ3) is 1.22. The van der Waals surface area contributed by atoms with Crippen LogP contribution in [0.4, 0.5) is 0 Å². The smallest absolute Gasteiger partial charge is 0.0659 e. The molecule has 0 spiro atoms. The molecule has 0 aromatic carbocycles. The number of nitrogens with zero attached hydrogens (tertiary/aromatic N) is 1. The largest absolute Gasteiger partial charge is 0.345 e. The van der Waals surface area contributed by atoms with E-state index in [0.717, 1.165) is 12.3 Å². The molecule has 2 aliphatic heterocycles. The van der Waals surface area contributed by atoms with Gasteiger partial charge in [-0.2, -0.15) is 0 Å². The first-order chi connectivity index (χ1) is 7.31. The van der Waals surface area contributed by atoms with Gasteiger partial charge in [-0.1, -0.05) is 24.3 Å². The summed E-state index contributed by atoms with van der Waals surface area (Å²) in [5.41, 5.74) is 1.80. The van der Waals surface area contributed by atoms with Gasteiger partial charge in [-0.15, -0.1) is 0 Å². The van der Waals surface area contributed by atoms with E-state index in [0.29, 0.717) is 0 Å². The molecule has 3 aliphatic rings. The Morgan fingerprint density at radius 3 is 3.20 bits per heavy atom. The van der Waals surface area contributed by atoms with Crippen LogP contribution in [0.2, 0.25) is 0 Å². The molecule has 1 nitrogen and oxygen atoms in total. The summed E-state index contributed by atoms with van der Waals surface area (Å²) in [7, 11) is 0. The summed E-state index contributed by atoms with van der Waals surface area (Å²) in [4.78, 5) is 2.38. The van der Waals surface area contributed by atoms with Crippen LogP contribution in [-0.2, 0) is 0 Å². The summed E-state index contributed by atoms with van der Waals surface area (Å²) in [6, 6.07) is 0. The monoisotopic (exact) mass is 199 g/mol. The van der Waals surface area contributed by atoms with Gasteiger partial charge in [0, 0.05) is 18.3 Å². The molecule has 78 valence electrons. The van der Waals surface area contributed by atoms with Gasteiger partial charge < -0.3 is 4.90 Å². The molecule has 2 bridgehead atoms. The summed E-state index contributed by atoms with van der Waals surface area (Å²) < 4.78 is 0. The Hall–Kier alpha value is -1.24. The molecule has 0 saturated heterocycles. The van der Waals surface area contributed by atoms with E-state index in [9.17, 15) is 0 Å². The van der Waals surface area contributed by atoms with Crippen LogP contribution < -0.4 is 0 Å². The average molecular weight is 199 g/mol. The van der Waals surface area contributed by atoms with E-state index in [1.54, 1.807) is 5.57 Å². The zero-order valence-electron chi connectivity index (χ0n) is 9.19. The fourth-order valence-electron chi connectivity index (χ4n) is 3.05. The fraction of sp³-hybridized carbons (Fsp3) is 0.429. The van der Waals surface area contributed by atoms with Crippen molar-refractivity contribution < 1.29 is 0 Å². The van der Waals surface area contributed by atoms with Crippen LogP contribution in [0.3, 0.4) is 0 Å². The van der Waals surface area contributed by atoms with Gasteiger partial charge in [0.05, 0.1) is 5.54 Å². The van der Waals surface area contributed by atoms with Crippen LogP contribution >= 0.6 is 0 Å². The van der Waals surface area contributed by atoms with Crippen LogP contribution in [-0.4, -0.2) is 10.4 Å². The maximum absolute atomic E-state index is 2.39. The minimum Gasteiger partial charge on any atom is -0.345 e. The SMILES string of the molecule is CC12C=CCCC1C1=CN2C=CC=CC1. The first-order valence-electron chi connectivity index (χ1n) is 5.81. The van der Waals surface area contributed by atoms with Gasteiger partial charge in [0.2, 0.25) is 0 Å². The van der Waals surface area contributed by atoms with Crippen LogP contribution in [0.25, 0.3) is 0 Å². The zero-order valence-corrected chi connectivity index (χ0v) is 9.19. The minimum atomic E-state index is 0.204. The van der Waals surface area contributed by atoms with Crippen LogP contribution in [0, 0.1) is 5.92 Å². The Morgan fingerprint density at radius 2 is 2.27 bits per heavy atom. The van der Waals surface area contributed by atoms with E-state index in [4.69, 9.17) is 0 Å². The van der Waals surface area contributed by atoms with Crippen molar-refractivity contribution in [1.82, 2.24) is 4.90 Å². The van der Waals surface area contributed by atoms with Crippen LogP contribution in [0.5, 0.6) is 0 Å². The van der Waals surface area contributed by atoms with E-state index >= 15 is 0 Å². The lowest BCUT2D eigenvalue weighted by Crippen LogP contribution is -2.42. The Kier molecular flexibility index (Phi) is 1.88. The Labute approximate surface area is 91.5 Å². The highest BCUT2D eigenvalue weighted by Crippen LogP contribution is 2.45. The van der Waals surface area contributed by atoms with Crippen molar-refractivity contribution in [3.05, 3.63) is 48.4 Å². The number of fused-ring (bicyclic) bond motifs is 4. The molecule has 0 aromatic heterocycles. The summed E-state index contributed by atoms with van der Waals surface area (Å²) >= 11 is 0. The first kappa shape index (κ1) is 9.02. The molecule has 0 saturated carbocycles. The van der Waals surface area contributed by atoms with E-state index in [1.165, 1.54) is 12.8 Å². The predicted molar refractivity (Wildman–Crippen MR) is 63.1 cm³/mol. The summed E-state index contributed by atoms with van der Waals surface area (Å²) in [5, 5.41) is 0. The van der Waals surface area contributed by atoms with E-state index in [-0.39, 0.29) is 5.54 Å². The lowest BCUT2D eigenvalue weighted by Gasteiger charge is -2.39. The van der Waals surface area contributed by atoms with Crippen LogP contribution in [0.1, 0.15) is 26.2 Å². The molecule has 0 aromatic rings. The average Bonchev–Trinajstić information content (AvgIpc) is 2.48. The molecule has 0 radical (unpaired) electrons. The van der Waals surface area contributed by atoms with Gasteiger partial charge in [0.1, 0.15) is 0 Å². The quantitative estimate of drug-likeness (QED) is 0.540. The molecule has 0 fully saturated rings. The summed E-state index contributed by atoms with van der Waals surface area (Å²) in [6.45, 7) is 2.35. The maximum atomic E-state index is 2.39. The Bertz CT molecular complexity index is 386. The van der Waals surface area contributed by atoms with Crippen molar-refractivity contribution in [1.29, 1.82) is 0 Å². The molecular weight excluding hydrogens is 182 g/mol. The Morgan fingerprint density at radius 1 is 1.33 bits per heavy atom. The molecule has 3 rings (SSSR count). The van der Waals surface area contributed by atoms with Gasteiger partial charge in [-0.25, -0.2) is 0 Å². The van der Waals surface area contributed by atoms with Gasteiger partial charge in [-0.05, 0) is 37.8 Å². The maximum Gasteiger partial charge on any atom is 0.0659 e. The van der Waals surface area contributed by atoms with Gasteiger partial charge in [0.15, 0.2) is 0 Å². The zero-order chi connectivity index (χ0) is 10.3. The lowest BCUT2D eigenvalue weighted by atomic mass is 9.75. The second kappa shape index (κ2) is 3.13. The highest BCUT2D eigenvalue weighted by molar-refractivity contribution is 5.34. The Balaban J connectivity index is 2.06. The minimum absolute atomic E-state index is 0.204. The second-order valence-electron chi connectivity index (χ2n) is 4.84. The predicted octanol–water partition coefficient (Wildman–Crippen LogP) is 3.38. The van der Waals surface area contributed by atoms with Crippen molar-refractivity contribution in [2.45, 2.75) is 31.7 Å². The van der Waals surface area contributed by atoms with Gasteiger partial charge >= 0.3 is 0 Å². The third-order valence-electron chi connectivity index (χ3n) is 3.94. The highest BCUT2D eigenvalue weighted by atomic mass is 15.2. The first-order valence-corrected chi connectivity index (χ1v) is 5.81. The second-order valence-corrected chi connectivity index (χ2v) is 4.84. The standard InChI is InChI=1S/C14H17N/c1-14-9-5-4-8-13(14)12-7-3-2-6-10-15(14)11-12/h2-3,5-6,9-11,13H,4,7-8H2,1H3. The third-order valence-corrected chi connectivity index (χ3v) is 3.94. The number of hydrogen-bond donors (Lipinski definition) is 0. The highest BCUT2D eigenvalue weighted by Gasteiger charge is 2.43. The van der Waals surface area contributed by atoms with Gasteiger partial charge in [-0.3, -0.25) is 0 Å². The molecular formula is C14H17N. The van der Waals surface area contributed by atoms with Crippen molar-refractivity contribution >= 4 is 0 Å². The molecule has 0 N–H and O–H groups in total.